The van der Waals surface area contributed by atoms with Crippen LogP contribution in [-0.4, -0.2) is 37.4 Å². The fraction of sp³-hybridized carbons (Fsp3) is 0.500. The fourth-order valence-corrected chi connectivity index (χ4v) is 1.82. The Labute approximate surface area is 108 Å². The highest BCUT2D eigenvalue weighted by Crippen LogP contribution is 2.21. The number of rotatable bonds is 7. The largest absolute Gasteiger partial charge is 0.494 e. The zero-order chi connectivity index (χ0) is 13.5. The van der Waals surface area contributed by atoms with Crippen LogP contribution in [-0.2, 0) is 0 Å². The Kier molecular flexibility index (Phi) is 5.78. The van der Waals surface area contributed by atoms with Gasteiger partial charge in [-0.3, -0.25) is 4.79 Å². The normalized spacial score (nSPS) is 10.7. The molecule has 100 valence electrons. The minimum Gasteiger partial charge on any atom is -0.494 e. The molecule has 0 N–H and O–H groups in total. The molecule has 1 aromatic carbocycles. The number of methoxy groups -OCH3 is 1. The minimum absolute atomic E-state index is 0.113. The third kappa shape index (κ3) is 3.53. The smallest absolute Gasteiger partial charge is 0.175 e. The van der Waals surface area contributed by atoms with Gasteiger partial charge in [-0.2, -0.15) is 0 Å². The highest BCUT2D eigenvalue weighted by Gasteiger charge is 2.15. The van der Waals surface area contributed by atoms with Crippen molar-refractivity contribution in [1.29, 1.82) is 0 Å². The van der Waals surface area contributed by atoms with Crippen LogP contribution in [0.15, 0.2) is 18.2 Å². The summed E-state index contributed by atoms with van der Waals surface area (Å²) in [6.45, 7) is 6.53. The van der Waals surface area contributed by atoms with Crippen LogP contribution in [0.2, 0.25) is 0 Å². The Morgan fingerprint density at radius 1 is 1.33 bits per heavy atom. The summed E-state index contributed by atoms with van der Waals surface area (Å²) in [5.74, 6) is -0.633. The Hall–Kier alpha value is -1.42. The molecule has 0 aromatic heterocycles. The van der Waals surface area contributed by atoms with E-state index >= 15 is 0 Å². The molecular weight excluding hydrogens is 233 g/mol. The standard InChI is InChI=1S/C14H20FNO2/c1-4-16(5-2)10-9-12(17)11-7-6-8-13(18-3)14(11)15/h6-8H,4-5,9-10H2,1-3H3. The Bertz CT molecular complexity index is 403. The zero-order valence-corrected chi connectivity index (χ0v) is 11.2. The highest BCUT2D eigenvalue weighted by molar-refractivity contribution is 5.96. The molecule has 0 saturated heterocycles. The average Bonchev–Trinajstić information content (AvgIpc) is 2.40. The van der Waals surface area contributed by atoms with Gasteiger partial charge >= 0.3 is 0 Å². The molecule has 0 aliphatic rings. The number of ketones is 1. The summed E-state index contributed by atoms with van der Waals surface area (Å²) >= 11 is 0. The predicted molar refractivity (Wildman–Crippen MR) is 69.7 cm³/mol. The van der Waals surface area contributed by atoms with Crippen LogP contribution < -0.4 is 4.74 Å². The molecule has 0 spiro atoms. The van der Waals surface area contributed by atoms with E-state index in [0.29, 0.717) is 13.0 Å². The molecular formula is C14H20FNO2. The number of nitrogens with zero attached hydrogens (tertiary/aromatic N) is 1. The lowest BCUT2D eigenvalue weighted by Gasteiger charge is -2.17. The van der Waals surface area contributed by atoms with Crippen molar-refractivity contribution in [1.82, 2.24) is 4.90 Å². The van der Waals surface area contributed by atoms with Gasteiger partial charge in [-0.1, -0.05) is 19.9 Å². The maximum Gasteiger partial charge on any atom is 0.175 e. The maximum atomic E-state index is 13.9. The topological polar surface area (TPSA) is 29.5 Å². The van der Waals surface area contributed by atoms with E-state index in [2.05, 4.69) is 4.90 Å². The van der Waals surface area contributed by atoms with Gasteiger partial charge in [0, 0.05) is 13.0 Å². The number of ether oxygens (including phenoxy) is 1. The lowest BCUT2D eigenvalue weighted by atomic mass is 10.1. The third-order valence-corrected chi connectivity index (χ3v) is 3.03. The molecule has 0 aliphatic carbocycles. The van der Waals surface area contributed by atoms with Gasteiger partial charge in [0.1, 0.15) is 0 Å². The van der Waals surface area contributed by atoms with Gasteiger partial charge < -0.3 is 9.64 Å². The number of carbonyl (C=O) groups is 1. The molecule has 1 rings (SSSR count). The molecule has 4 heteroatoms. The minimum atomic E-state index is -0.565. The second-order valence-electron chi connectivity index (χ2n) is 4.02. The van der Waals surface area contributed by atoms with Gasteiger partial charge in [-0.15, -0.1) is 0 Å². The maximum absolute atomic E-state index is 13.9. The molecule has 0 atom stereocenters. The summed E-state index contributed by atoms with van der Waals surface area (Å²) in [6, 6.07) is 4.64. The molecule has 1 aromatic rings. The highest BCUT2D eigenvalue weighted by atomic mass is 19.1. The lowest BCUT2D eigenvalue weighted by molar-refractivity contribution is 0.0962. The van der Waals surface area contributed by atoms with Crippen LogP contribution in [0.4, 0.5) is 4.39 Å². The SMILES string of the molecule is CCN(CC)CCC(=O)c1cccc(OC)c1F. The number of halogens is 1. The van der Waals surface area contributed by atoms with Crippen LogP contribution in [0.5, 0.6) is 5.75 Å². The number of hydrogen-bond acceptors (Lipinski definition) is 3. The van der Waals surface area contributed by atoms with Gasteiger partial charge in [0.2, 0.25) is 0 Å². The summed E-state index contributed by atoms with van der Waals surface area (Å²) in [7, 11) is 1.39. The molecule has 18 heavy (non-hydrogen) atoms. The first-order chi connectivity index (χ1) is 8.63. The number of hydrogen-bond donors (Lipinski definition) is 0. The van der Waals surface area contributed by atoms with E-state index < -0.39 is 5.82 Å². The van der Waals surface area contributed by atoms with Gasteiger partial charge in [-0.05, 0) is 25.2 Å². The summed E-state index contributed by atoms with van der Waals surface area (Å²) in [5.41, 5.74) is 0.113. The van der Waals surface area contributed by atoms with E-state index in [1.807, 2.05) is 13.8 Å². The predicted octanol–water partition coefficient (Wildman–Crippen LogP) is 2.75. The molecule has 0 aliphatic heterocycles. The third-order valence-electron chi connectivity index (χ3n) is 3.03. The van der Waals surface area contributed by atoms with Crippen molar-refractivity contribution in [3.05, 3.63) is 29.6 Å². The molecule has 0 saturated carbocycles. The van der Waals surface area contributed by atoms with Crippen molar-refractivity contribution in [3.8, 4) is 5.75 Å². The van der Waals surface area contributed by atoms with Gasteiger partial charge in [0.15, 0.2) is 17.3 Å². The lowest BCUT2D eigenvalue weighted by Crippen LogP contribution is -2.26. The first-order valence-electron chi connectivity index (χ1n) is 6.22. The first kappa shape index (κ1) is 14.6. The van der Waals surface area contributed by atoms with Crippen molar-refractivity contribution in [3.63, 3.8) is 0 Å². The number of benzene rings is 1. The van der Waals surface area contributed by atoms with Crippen LogP contribution in [0.25, 0.3) is 0 Å². The Balaban J connectivity index is 2.73. The molecule has 0 bridgehead atoms. The molecule has 0 unspecified atom stereocenters. The number of Topliss-reactive ketones (excluding diaryl/α,β-unsaturated/α-hetero) is 1. The quantitative estimate of drug-likeness (QED) is 0.700. The van der Waals surface area contributed by atoms with Crippen LogP contribution in [0, 0.1) is 5.82 Å². The van der Waals surface area contributed by atoms with E-state index in [4.69, 9.17) is 4.74 Å². The van der Waals surface area contributed by atoms with Crippen LogP contribution in [0.3, 0.4) is 0 Å². The van der Waals surface area contributed by atoms with E-state index in [0.717, 1.165) is 13.1 Å². The Morgan fingerprint density at radius 3 is 2.56 bits per heavy atom. The Morgan fingerprint density at radius 2 is 2.00 bits per heavy atom. The van der Waals surface area contributed by atoms with Crippen molar-refractivity contribution < 1.29 is 13.9 Å². The first-order valence-corrected chi connectivity index (χ1v) is 6.22. The molecule has 0 amide bonds. The van der Waals surface area contributed by atoms with E-state index in [1.54, 1.807) is 6.07 Å². The summed E-state index contributed by atoms with van der Waals surface area (Å²) in [5, 5.41) is 0. The summed E-state index contributed by atoms with van der Waals surface area (Å²) in [6.07, 6.45) is 0.325. The van der Waals surface area contributed by atoms with E-state index in [1.165, 1.54) is 19.2 Å². The molecule has 0 radical (unpaired) electrons. The van der Waals surface area contributed by atoms with Crippen LogP contribution in [0.1, 0.15) is 30.6 Å². The second kappa shape index (κ2) is 7.11. The van der Waals surface area contributed by atoms with Crippen molar-refractivity contribution in [2.75, 3.05) is 26.7 Å². The van der Waals surface area contributed by atoms with E-state index in [9.17, 15) is 9.18 Å². The number of carbonyl (C=O) groups excluding carboxylic acids is 1. The summed E-state index contributed by atoms with van der Waals surface area (Å²) in [4.78, 5) is 14.1. The van der Waals surface area contributed by atoms with Crippen LogP contribution >= 0.6 is 0 Å². The van der Waals surface area contributed by atoms with Crippen molar-refractivity contribution >= 4 is 5.78 Å². The fourth-order valence-electron chi connectivity index (χ4n) is 1.82. The van der Waals surface area contributed by atoms with Gasteiger partial charge in [-0.25, -0.2) is 4.39 Å². The second-order valence-corrected chi connectivity index (χ2v) is 4.02. The van der Waals surface area contributed by atoms with Crippen molar-refractivity contribution in [2.45, 2.75) is 20.3 Å². The molecule has 3 nitrogen and oxygen atoms in total. The van der Waals surface area contributed by atoms with E-state index in [-0.39, 0.29) is 17.1 Å². The summed E-state index contributed by atoms with van der Waals surface area (Å²) < 4.78 is 18.7. The molecule has 0 heterocycles. The van der Waals surface area contributed by atoms with Gasteiger partial charge in [0.05, 0.1) is 12.7 Å². The zero-order valence-electron chi connectivity index (χ0n) is 11.2. The average molecular weight is 253 g/mol. The molecule has 0 fully saturated rings. The monoisotopic (exact) mass is 253 g/mol. The van der Waals surface area contributed by atoms with Gasteiger partial charge in [0.25, 0.3) is 0 Å². The van der Waals surface area contributed by atoms with Crippen molar-refractivity contribution in [2.24, 2.45) is 0 Å².